The molecule has 0 fully saturated rings. The Morgan fingerprint density at radius 3 is 2.55 bits per heavy atom. The van der Waals surface area contributed by atoms with Crippen LogP contribution in [0.5, 0.6) is 11.6 Å². The van der Waals surface area contributed by atoms with Crippen molar-refractivity contribution in [2.45, 2.75) is 0 Å². The molecular formula is C14H15N5O3. The number of nitrogens with one attached hydrogen (secondary N) is 2. The van der Waals surface area contributed by atoms with Crippen LogP contribution in [0.3, 0.4) is 0 Å². The van der Waals surface area contributed by atoms with Gasteiger partial charge in [0.25, 0.3) is 5.91 Å². The quantitative estimate of drug-likeness (QED) is 0.575. The van der Waals surface area contributed by atoms with Gasteiger partial charge in [-0.05, 0) is 24.3 Å². The minimum absolute atomic E-state index is 0.0823. The molecule has 0 spiro atoms. The zero-order chi connectivity index (χ0) is 16.1. The molecule has 0 saturated heterocycles. The lowest BCUT2D eigenvalue weighted by Crippen LogP contribution is -2.17. The first kappa shape index (κ1) is 15.2. The summed E-state index contributed by atoms with van der Waals surface area (Å²) in [6.45, 7) is 0. The average Bonchev–Trinajstić information content (AvgIpc) is 2.54. The van der Waals surface area contributed by atoms with Gasteiger partial charge >= 0.3 is 0 Å². The van der Waals surface area contributed by atoms with Crippen molar-refractivity contribution in [2.75, 3.05) is 19.9 Å². The number of ether oxygens (including phenoxy) is 2. The minimum atomic E-state index is -0.199. The highest BCUT2D eigenvalue weighted by Gasteiger charge is 2.17. The zero-order valence-electron chi connectivity index (χ0n) is 12.1. The smallest absolute Gasteiger partial charge is 0.251 e. The summed E-state index contributed by atoms with van der Waals surface area (Å²) in [4.78, 5) is 19.3. The first-order chi connectivity index (χ1) is 10.6. The van der Waals surface area contributed by atoms with Gasteiger partial charge in [-0.3, -0.25) is 10.2 Å². The third-order valence-electron chi connectivity index (χ3n) is 2.83. The number of hydrogen-bond donors (Lipinski definition) is 3. The number of hydrogen-bond acceptors (Lipinski definition) is 7. The summed E-state index contributed by atoms with van der Waals surface area (Å²) in [5, 5.41) is 10.3. The molecule has 114 valence electrons. The summed E-state index contributed by atoms with van der Waals surface area (Å²) >= 11 is 0. The number of carbonyl (C=O) groups is 1. The first-order valence-corrected chi connectivity index (χ1v) is 6.30. The topological polar surface area (TPSA) is 123 Å². The molecular weight excluding hydrogens is 286 g/mol. The maximum Gasteiger partial charge on any atom is 0.251 e. The van der Waals surface area contributed by atoms with Crippen LogP contribution in [0.2, 0.25) is 0 Å². The molecule has 4 N–H and O–H groups in total. The van der Waals surface area contributed by atoms with Crippen molar-refractivity contribution in [3.05, 3.63) is 41.7 Å². The molecule has 0 unspecified atom stereocenters. The van der Waals surface area contributed by atoms with Crippen LogP contribution in [-0.4, -0.2) is 35.9 Å². The van der Waals surface area contributed by atoms with Gasteiger partial charge in [-0.2, -0.15) is 0 Å². The molecule has 0 atom stereocenters. The molecule has 1 aromatic carbocycles. The molecule has 8 nitrogen and oxygen atoms in total. The van der Waals surface area contributed by atoms with E-state index in [1.807, 2.05) is 0 Å². The van der Waals surface area contributed by atoms with Gasteiger partial charge in [-0.15, -0.1) is 0 Å². The molecule has 0 aliphatic rings. The second kappa shape index (κ2) is 6.53. The Labute approximate surface area is 126 Å². The number of amides is 1. The van der Waals surface area contributed by atoms with E-state index in [0.29, 0.717) is 11.3 Å². The Morgan fingerprint density at radius 2 is 1.95 bits per heavy atom. The number of nitrogen functional groups attached to an aromatic ring is 1. The fourth-order valence-electron chi connectivity index (χ4n) is 1.71. The molecule has 0 aliphatic heterocycles. The first-order valence-electron chi connectivity index (χ1n) is 6.30. The van der Waals surface area contributed by atoms with E-state index in [0.717, 1.165) is 0 Å². The number of aromatic nitrogens is 2. The van der Waals surface area contributed by atoms with Crippen molar-refractivity contribution < 1.29 is 14.3 Å². The van der Waals surface area contributed by atoms with E-state index in [-0.39, 0.29) is 29.1 Å². The number of methoxy groups -OCH3 is 1. The maximum atomic E-state index is 11.5. The van der Waals surface area contributed by atoms with E-state index in [1.54, 1.807) is 31.3 Å². The largest absolute Gasteiger partial charge is 0.481 e. The molecule has 2 aromatic rings. The van der Waals surface area contributed by atoms with Crippen molar-refractivity contribution in [1.82, 2.24) is 15.3 Å². The van der Waals surface area contributed by atoms with E-state index < -0.39 is 0 Å². The molecule has 0 bridgehead atoms. The number of anilines is 1. The number of rotatable bonds is 4. The molecule has 0 aliphatic carbocycles. The van der Waals surface area contributed by atoms with Gasteiger partial charge < -0.3 is 20.5 Å². The van der Waals surface area contributed by atoms with Gasteiger partial charge in [-0.1, -0.05) is 0 Å². The second-order valence-electron chi connectivity index (χ2n) is 4.18. The normalized spacial score (nSPS) is 9.91. The number of carbonyl (C=O) groups excluding carboxylic acids is 1. The highest BCUT2D eigenvalue weighted by atomic mass is 16.5. The lowest BCUT2D eigenvalue weighted by Gasteiger charge is -2.11. The lowest BCUT2D eigenvalue weighted by molar-refractivity contribution is 0.0963. The number of benzene rings is 1. The Balaban J connectivity index is 2.29. The molecule has 0 saturated carbocycles. The van der Waals surface area contributed by atoms with Crippen LogP contribution in [0, 0.1) is 5.41 Å². The molecule has 1 heterocycles. The van der Waals surface area contributed by atoms with Crippen molar-refractivity contribution >= 4 is 17.6 Å². The fourth-order valence-corrected chi connectivity index (χ4v) is 1.71. The third kappa shape index (κ3) is 3.11. The lowest BCUT2D eigenvalue weighted by atomic mass is 10.2. The van der Waals surface area contributed by atoms with Crippen molar-refractivity contribution in [3.63, 3.8) is 0 Å². The summed E-state index contributed by atoms with van der Waals surface area (Å²) < 4.78 is 10.4. The zero-order valence-corrected chi connectivity index (χ0v) is 12.1. The Morgan fingerprint density at radius 1 is 1.27 bits per heavy atom. The van der Waals surface area contributed by atoms with Gasteiger partial charge in [0.15, 0.2) is 0 Å². The van der Waals surface area contributed by atoms with E-state index in [4.69, 9.17) is 20.6 Å². The fraction of sp³-hybridized carbons (Fsp3) is 0.143. The van der Waals surface area contributed by atoms with E-state index in [2.05, 4.69) is 15.3 Å². The van der Waals surface area contributed by atoms with E-state index in [1.165, 1.54) is 13.4 Å². The van der Waals surface area contributed by atoms with Gasteiger partial charge in [0.2, 0.25) is 11.8 Å². The maximum absolute atomic E-state index is 11.5. The Kier molecular flexibility index (Phi) is 4.52. The van der Waals surface area contributed by atoms with Crippen LogP contribution >= 0.6 is 0 Å². The van der Waals surface area contributed by atoms with Crippen LogP contribution < -0.4 is 15.8 Å². The molecule has 0 radical (unpaired) electrons. The standard InChI is InChI=1S/C14H15N5O3/c1-17-13(20)8-3-5-9(6-4-8)22-14-10(12(16)21-2)11(15)18-7-19-14/h3-7,16H,1-2H3,(H,17,20)(H2,15,18,19). The second-order valence-corrected chi connectivity index (χ2v) is 4.18. The van der Waals surface area contributed by atoms with Crippen LogP contribution in [-0.2, 0) is 4.74 Å². The molecule has 1 amide bonds. The van der Waals surface area contributed by atoms with E-state index in [9.17, 15) is 4.79 Å². The predicted molar refractivity (Wildman–Crippen MR) is 80.2 cm³/mol. The Hall–Kier alpha value is -3.16. The summed E-state index contributed by atoms with van der Waals surface area (Å²) in [6, 6.07) is 6.45. The summed E-state index contributed by atoms with van der Waals surface area (Å²) in [5.74, 6) is 0.233. The van der Waals surface area contributed by atoms with Crippen molar-refractivity contribution in [2.24, 2.45) is 0 Å². The Bertz CT molecular complexity index is 700. The molecule has 1 aromatic heterocycles. The van der Waals surface area contributed by atoms with Gasteiger partial charge in [-0.25, -0.2) is 9.97 Å². The highest BCUT2D eigenvalue weighted by molar-refractivity contribution is 5.98. The van der Waals surface area contributed by atoms with Crippen molar-refractivity contribution in [1.29, 1.82) is 5.41 Å². The number of nitrogens with zero attached hydrogens (tertiary/aromatic N) is 2. The van der Waals surface area contributed by atoms with Gasteiger partial charge in [0.1, 0.15) is 23.5 Å². The van der Waals surface area contributed by atoms with Gasteiger partial charge in [0, 0.05) is 12.6 Å². The van der Waals surface area contributed by atoms with Crippen molar-refractivity contribution in [3.8, 4) is 11.6 Å². The summed E-state index contributed by atoms with van der Waals surface area (Å²) in [5.41, 5.74) is 6.40. The van der Waals surface area contributed by atoms with Crippen LogP contribution in [0.1, 0.15) is 15.9 Å². The predicted octanol–water partition coefficient (Wildman–Crippen LogP) is 1.18. The molecule has 8 heteroatoms. The summed E-state index contributed by atoms with van der Waals surface area (Å²) in [6.07, 6.45) is 1.23. The minimum Gasteiger partial charge on any atom is -0.481 e. The van der Waals surface area contributed by atoms with Crippen LogP contribution in [0.4, 0.5) is 5.82 Å². The van der Waals surface area contributed by atoms with Gasteiger partial charge in [0.05, 0.1) is 7.11 Å². The monoisotopic (exact) mass is 301 g/mol. The SMILES string of the molecule is CNC(=O)c1ccc(Oc2ncnc(N)c2C(=N)OC)cc1. The average molecular weight is 301 g/mol. The third-order valence-corrected chi connectivity index (χ3v) is 2.83. The van der Waals surface area contributed by atoms with E-state index >= 15 is 0 Å². The number of nitrogens with two attached hydrogens (primary N) is 1. The molecule has 22 heavy (non-hydrogen) atoms. The molecule has 2 rings (SSSR count). The van der Waals surface area contributed by atoms with Crippen LogP contribution in [0.15, 0.2) is 30.6 Å². The van der Waals surface area contributed by atoms with Crippen LogP contribution in [0.25, 0.3) is 0 Å². The highest BCUT2D eigenvalue weighted by Crippen LogP contribution is 2.26. The summed E-state index contributed by atoms with van der Waals surface area (Å²) in [7, 11) is 2.90.